The molecule has 6 amide bonds. The summed E-state index contributed by atoms with van der Waals surface area (Å²) in [4.78, 5) is 126. The summed E-state index contributed by atoms with van der Waals surface area (Å²) < 4.78 is 50.6. The lowest BCUT2D eigenvalue weighted by molar-refractivity contribution is -0.167. The van der Waals surface area contributed by atoms with Crippen LogP contribution in [0.4, 0.5) is 24.1 Å². The van der Waals surface area contributed by atoms with Crippen LogP contribution in [0.1, 0.15) is 88.3 Å². The number of anilines is 2. The molecule has 6 N–H and O–H groups in total. The molecule has 1 unspecified atom stereocenters. The van der Waals surface area contributed by atoms with Crippen molar-refractivity contribution in [1.82, 2.24) is 56.2 Å². The number of fused-ring (bicyclic) bond motifs is 14. The van der Waals surface area contributed by atoms with E-state index in [0.717, 1.165) is 68.0 Å². The zero-order chi connectivity index (χ0) is 55.4. The molecule has 0 saturated heterocycles. The van der Waals surface area contributed by atoms with Crippen molar-refractivity contribution < 1.29 is 56.2 Å². The maximum absolute atomic E-state index is 14.1. The highest BCUT2D eigenvalue weighted by molar-refractivity contribution is 7.16. The lowest BCUT2D eigenvalue weighted by Crippen LogP contribution is -2.41. The Hall–Kier alpha value is -7.81. The summed E-state index contributed by atoms with van der Waals surface area (Å²) >= 11 is 6.27. The van der Waals surface area contributed by atoms with Gasteiger partial charge >= 0.3 is 18.1 Å². The molecule has 31 heteroatoms. The number of rotatable bonds is 9. The minimum absolute atomic E-state index is 0.00226. The molecule has 7 aromatic heterocycles. The zero-order valence-electron chi connectivity index (χ0n) is 40.6. The number of pyridine rings is 1. The van der Waals surface area contributed by atoms with Gasteiger partial charge in [-0.1, -0.05) is 41.7 Å². The Balaban J connectivity index is 1.14. The van der Waals surface area contributed by atoms with Crippen LogP contribution in [0.25, 0.3) is 43.4 Å². The quantitative estimate of drug-likeness (QED) is 0.0762. The standard InChI is InChI=1S/C47H38F3N13O9S6/c1-19-32-39(69)63-46-62-34(28(78-46)14-71-4)38(68)52-13-31(66)60-35(36(72-20(2)64)21-8-6-5-7-9-21)44-57-27(17-75-44)42-55-25(15-74-42)33-22(10-11-23(53-33)41-58-29(18-76-41)59-45(70)47(48,49)50)40-56-26(16-73-40)37(67)54-24(12-30(65)51-3)43(61-32)77-19/h5-11,15-18,24,35-36H,12-14H2,1-4H3,(H,51,65)(H,52,68)(H,54,67)(H,59,70)(H,60,66)(H,62,63,69)/t24-,35?,36-/m0/s1. The van der Waals surface area contributed by atoms with Gasteiger partial charge in [-0.3, -0.25) is 38.9 Å². The normalized spacial score (nSPS) is 15.6. The average Bonchev–Trinajstić information content (AvgIpc) is 4.30. The van der Waals surface area contributed by atoms with Gasteiger partial charge < -0.3 is 36.1 Å². The van der Waals surface area contributed by atoms with E-state index >= 15 is 0 Å². The van der Waals surface area contributed by atoms with Crippen LogP contribution in [0, 0.1) is 6.92 Å². The van der Waals surface area contributed by atoms with Crippen molar-refractivity contribution in [1.29, 1.82) is 0 Å². The van der Waals surface area contributed by atoms with Gasteiger partial charge in [0.1, 0.15) is 71.1 Å². The number of hydrogen-bond acceptors (Lipinski definition) is 22. The summed E-state index contributed by atoms with van der Waals surface area (Å²) in [6, 6.07) is 9.60. The molecular formula is C47H38F3N13O9S6. The number of nitrogens with one attached hydrogen (secondary N) is 6. The van der Waals surface area contributed by atoms with E-state index in [9.17, 15) is 46.7 Å². The van der Waals surface area contributed by atoms with E-state index in [2.05, 4.69) is 46.5 Å². The van der Waals surface area contributed by atoms with Gasteiger partial charge in [0.2, 0.25) is 11.8 Å². The van der Waals surface area contributed by atoms with E-state index in [1.165, 1.54) is 37.9 Å². The van der Waals surface area contributed by atoms with Gasteiger partial charge in [0.15, 0.2) is 11.2 Å². The predicted octanol–water partition coefficient (Wildman–Crippen LogP) is 7.51. The fraction of sp³-hybridized carbons (Fsp3) is 0.234. The van der Waals surface area contributed by atoms with Crippen molar-refractivity contribution in [3.8, 4) is 43.4 Å². The third kappa shape index (κ3) is 12.5. The number of carbonyl (C=O) groups is 7. The lowest BCUT2D eigenvalue weighted by Gasteiger charge is -2.26. The molecule has 0 fully saturated rings. The van der Waals surface area contributed by atoms with E-state index in [1.807, 2.05) is 0 Å². The van der Waals surface area contributed by atoms with Gasteiger partial charge in [0.05, 0.1) is 36.2 Å². The van der Waals surface area contributed by atoms with E-state index in [-0.39, 0.29) is 78.2 Å². The molecule has 0 radical (unpaired) electrons. The fourth-order valence-corrected chi connectivity index (χ4v) is 12.6. The number of methoxy groups -OCH3 is 1. The molecule has 1 aromatic carbocycles. The zero-order valence-corrected chi connectivity index (χ0v) is 45.5. The number of halogens is 3. The van der Waals surface area contributed by atoms with E-state index < -0.39 is 72.3 Å². The Labute approximate surface area is 462 Å². The highest BCUT2D eigenvalue weighted by Crippen LogP contribution is 2.41. The number of amides is 6. The van der Waals surface area contributed by atoms with Gasteiger partial charge in [0.25, 0.3) is 17.7 Å². The first-order valence-corrected chi connectivity index (χ1v) is 27.8. The second kappa shape index (κ2) is 23.4. The van der Waals surface area contributed by atoms with Gasteiger partial charge in [-0.25, -0.2) is 34.9 Å². The van der Waals surface area contributed by atoms with Crippen LogP contribution in [-0.4, -0.2) is 103 Å². The van der Waals surface area contributed by atoms with Crippen LogP contribution in [0.2, 0.25) is 0 Å². The maximum atomic E-state index is 14.1. The molecule has 3 atom stereocenters. The highest BCUT2D eigenvalue weighted by atomic mass is 32.1. The fourth-order valence-electron chi connectivity index (χ4n) is 7.46. The third-order valence-corrected chi connectivity index (χ3v) is 16.6. The summed E-state index contributed by atoms with van der Waals surface area (Å²) in [7, 11) is 2.82. The number of ether oxygens (including phenoxy) is 2. The Kier molecular flexibility index (Phi) is 16.5. The molecule has 8 aromatic rings. The molecular weight excluding hydrogens is 1140 g/mol. The first-order chi connectivity index (χ1) is 37.3. The van der Waals surface area contributed by atoms with Crippen molar-refractivity contribution in [3.63, 3.8) is 0 Å². The van der Waals surface area contributed by atoms with Crippen LogP contribution in [-0.2, 0) is 35.3 Å². The minimum atomic E-state index is -5.17. The average molecular weight is 1180 g/mol. The molecule has 8 heterocycles. The second-order valence-corrected chi connectivity index (χ2v) is 22.2. The van der Waals surface area contributed by atoms with Crippen molar-refractivity contribution in [3.05, 3.63) is 106 Å². The summed E-state index contributed by atoms with van der Waals surface area (Å²) in [6.45, 7) is 2.16. The third-order valence-electron chi connectivity index (χ3n) is 11.0. The largest absolute Gasteiger partial charge is 0.471 e. The number of benzene rings is 1. The molecule has 402 valence electrons. The van der Waals surface area contributed by atoms with Crippen molar-refractivity contribution in [2.75, 3.05) is 31.3 Å². The topological polar surface area (TPSA) is 300 Å². The molecule has 78 heavy (non-hydrogen) atoms. The lowest BCUT2D eigenvalue weighted by atomic mass is 10.0. The molecule has 1 aliphatic heterocycles. The van der Waals surface area contributed by atoms with Crippen molar-refractivity contribution in [2.24, 2.45) is 0 Å². The molecule has 0 aliphatic carbocycles. The summed E-state index contributed by atoms with van der Waals surface area (Å²) in [6.07, 6.45) is -6.57. The first-order valence-electron chi connectivity index (χ1n) is 22.7. The molecule has 0 spiro atoms. The summed E-state index contributed by atoms with van der Waals surface area (Å²) in [5.74, 6) is -6.60. The van der Waals surface area contributed by atoms with Crippen LogP contribution < -0.4 is 31.9 Å². The Morgan fingerprint density at radius 3 is 2.21 bits per heavy atom. The SMILES string of the molecule is CNC(=O)C[C@@H]1NC(=O)c2csc(n2)-c2ccc(-c3nc(NC(=O)C(F)(F)F)cs3)nc2-c2csc(n2)-c2csc(n2)C([C@@H](OC(C)=O)c2ccccc2)NC(=O)CNC(=O)c2nc(sc2COC)NC(=O)c2nc1sc2C. The summed E-state index contributed by atoms with van der Waals surface area (Å²) in [5, 5.41) is 22.5. The van der Waals surface area contributed by atoms with E-state index in [1.54, 1.807) is 59.4 Å². The molecule has 22 nitrogen and oxygen atoms in total. The van der Waals surface area contributed by atoms with Crippen LogP contribution in [0.3, 0.4) is 0 Å². The van der Waals surface area contributed by atoms with Gasteiger partial charge in [-0.15, -0.1) is 56.7 Å². The summed E-state index contributed by atoms with van der Waals surface area (Å²) in [5.41, 5.74) is 1.60. The number of alkyl halides is 3. The van der Waals surface area contributed by atoms with Crippen LogP contribution in [0.5, 0.6) is 0 Å². The number of carbonyl (C=O) groups excluding carboxylic acids is 7. The highest BCUT2D eigenvalue weighted by Gasteiger charge is 2.39. The number of hydrogen-bond donors (Lipinski definition) is 6. The molecule has 1 aliphatic rings. The number of thiazole rings is 6. The monoisotopic (exact) mass is 1180 g/mol. The van der Waals surface area contributed by atoms with Gasteiger partial charge in [-0.2, -0.15) is 13.2 Å². The van der Waals surface area contributed by atoms with Crippen molar-refractivity contribution in [2.45, 2.75) is 51.2 Å². The number of esters is 1. The number of nitrogens with zero attached hydrogens (tertiary/aromatic N) is 7. The predicted molar refractivity (Wildman–Crippen MR) is 284 cm³/mol. The smallest absolute Gasteiger partial charge is 0.455 e. The van der Waals surface area contributed by atoms with E-state index in [4.69, 9.17) is 24.4 Å². The van der Waals surface area contributed by atoms with Gasteiger partial charge in [0, 0.05) is 53.0 Å². The van der Waals surface area contributed by atoms with Crippen molar-refractivity contribution >= 4 is 120 Å². The van der Waals surface area contributed by atoms with E-state index in [0.29, 0.717) is 31.6 Å². The van der Waals surface area contributed by atoms with Crippen LogP contribution >= 0.6 is 68.0 Å². The molecule has 0 saturated carbocycles. The Bertz CT molecular complexity index is 3610. The minimum Gasteiger partial charge on any atom is -0.455 e. The Morgan fingerprint density at radius 1 is 0.744 bits per heavy atom. The first kappa shape index (κ1) is 55.0. The maximum Gasteiger partial charge on any atom is 0.471 e. The number of aromatic nitrogens is 7. The molecule has 10 bridgehead atoms. The van der Waals surface area contributed by atoms with Gasteiger partial charge in [-0.05, 0) is 24.6 Å². The number of aryl methyl sites for hydroxylation is 1. The molecule has 9 rings (SSSR count). The Morgan fingerprint density at radius 2 is 1.46 bits per heavy atom. The van der Waals surface area contributed by atoms with Crippen LogP contribution in [0.15, 0.2) is 64.0 Å². The second-order valence-electron chi connectivity index (χ2n) is 16.4.